The first-order valence-electron chi connectivity index (χ1n) is 9.34. The topological polar surface area (TPSA) is 83.6 Å². The Kier molecular flexibility index (Phi) is 9.20. The van der Waals surface area contributed by atoms with Gasteiger partial charge in [-0.3, -0.25) is 13.9 Å². The average molecular weight is 469 g/mol. The van der Waals surface area contributed by atoms with Crippen LogP contribution in [0.4, 0.5) is 5.69 Å². The molecule has 0 atom stereocenters. The first-order chi connectivity index (χ1) is 14.2. The zero-order chi connectivity index (χ0) is 22.1. The molecule has 0 aliphatic heterocycles. The van der Waals surface area contributed by atoms with E-state index >= 15 is 0 Å². The molecule has 0 saturated heterocycles. The van der Waals surface area contributed by atoms with Gasteiger partial charge in [0.25, 0.3) is 0 Å². The molecule has 2 rings (SSSR count). The lowest BCUT2D eigenvalue weighted by Gasteiger charge is -2.22. The molecule has 0 heterocycles. The fraction of sp³-hybridized carbons (Fsp3) is 0.333. The van der Waals surface area contributed by atoms with Crippen LogP contribution in [0, 0.1) is 0 Å². The second kappa shape index (κ2) is 11.4. The molecule has 0 aliphatic carbocycles. The van der Waals surface area contributed by atoms with Crippen molar-refractivity contribution in [1.82, 2.24) is 5.32 Å². The standard InChI is InChI=1S/C21H25ClN2O4S2/c1-16(25)18-7-4-9-20(13-18)24(30(2,27)28)14-21(26)23-10-5-11-29-15-17-6-3-8-19(22)12-17/h3-4,6-9,12-13H,5,10-11,14-15H2,1-2H3,(H,23,26). The molecule has 2 aromatic carbocycles. The number of Topliss-reactive ketones (excluding diaryl/α,β-unsaturated/α-hetero) is 1. The van der Waals surface area contributed by atoms with Crippen molar-refractivity contribution in [3.63, 3.8) is 0 Å². The van der Waals surface area contributed by atoms with Gasteiger partial charge in [-0.2, -0.15) is 11.8 Å². The first-order valence-corrected chi connectivity index (χ1v) is 12.7. The van der Waals surface area contributed by atoms with Gasteiger partial charge in [0, 0.05) is 22.9 Å². The quantitative estimate of drug-likeness (QED) is 0.401. The Morgan fingerprint density at radius 2 is 1.87 bits per heavy atom. The molecule has 30 heavy (non-hydrogen) atoms. The number of halogens is 1. The maximum absolute atomic E-state index is 12.3. The van der Waals surface area contributed by atoms with E-state index in [0.29, 0.717) is 17.1 Å². The predicted molar refractivity (Wildman–Crippen MR) is 124 cm³/mol. The molecule has 2 aromatic rings. The lowest BCUT2D eigenvalue weighted by molar-refractivity contribution is -0.119. The number of anilines is 1. The second-order valence-corrected chi connectivity index (χ2v) is 10.2. The maximum atomic E-state index is 12.3. The Labute approximate surface area is 187 Å². The van der Waals surface area contributed by atoms with E-state index in [4.69, 9.17) is 11.6 Å². The van der Waals surface area contributed by atoms with Gasteiger partial charge in [-0.05, 0) is 48.9 Å². The molecule has 1 amide bonds. The van der Waals surface area contributed by atoms with Crippen molar-refractivity contribution in [2.45, 2.75) is 19.1 Å². The minimum Gasteiger partial charge on any atom is -0.354 e. The van der Waals surface area contributed by atoms with Crippen LogP contribution in [-0.2, 0) is 20.6 Å². The molecule has 0 unspecified atom stereocenters. The Bertz CT molecular complexity index is 996. The molecule has 0 aliphatic rings. The second-order valence-electron chi connectivity index (χ2n) is 6.76. The summed E-state index contributed by atoms with van der Waals surface area (Å²) in [5.74, 6) is 1.12. The first kappa shape index (κ1) is 24.2. The fourth-order valence-corrected chi connectivity index (χ4v) is 4.65. The predicted octanol–water partition coefficient (Wildman–Crippen LogP) is 3.75. The highest BCUT2D eigenvalue weighted by Crippen LogP contribution is 2.19. The number of hydrogen-bond donors (Lipinski definition) is 1. The summed E-state index contributed by atoms with van der Waals surface area (Å²) in [7, 11) is -3.68. The Morgan fingerprint density at radius 3 is 2.53 bits per heavy atom. The molecule has 0 fully saturated rings. The molecule has 0 spiro atoms. The number of carbonyl (C=O) groups excluding carboxylic acids is 2. The highest BCUT2D eigenvalue weighted by Gasteiger charge is 2.21. The van der Waals surface area contributed by atoms with Gasteiger partial charge in [-0.25, -0.2) is 8.42 Å². The number of hydrogen-bond acceptors (Lipinski definition) is 5. The maximum Gasteiger partial charge on any atom is 0.240 e. The summed E-state index contributed by atoms with van der Waals surface area (Å²) in [5.41, 5.74) is 1.82. The fourth-order valence-electron chi connectivity index (χ4n) is 2.69. The number of amides is 1. The Morgan fingerprint density at radius 1 is 1.13 bits per heavy atom. The monoisotopic (exact) mass is 468 g/mol. The van der Waals surface area contributed by atoms with Gasteiger partial charge >= 0.3 is 0 Å². The molecule has 162 valence electrons. The van der Waals surface area contributed by atoms with Crippen molar-refractivity contribution < 1.29 is 18.0 Å². The van der Waals surface area contributed by atoms with Crippen LogP contribution in [0.1, 0.15) is 29.3 Å². The van der Waals surface area contributed by atoms with Gasteiger partial charge in [0.1, 0.15) is 6.54 Å². The summed E-state index contributed by atoms with van der Waals surface area (Å²) in [5, 5.41) is 3.47. The molecule has 0 radical (unpaired) electrons. The molecule has 0 saturated carbocycles. The number of thioether (sulfide) groups is 1. The van der Waals surface area contributed by atoms with Crippen LogP contribution >= 0.6 is 23.4 Å². The van der Waals surface area contributed by atoms with Crippen molar-refractivity contribution in [1.29, 1.82) is 0 Å². The van der Waals surface area contributed by atoms with Gasteiger partial charge in [0.05, 0.1) is 11.9 Å². The number of rotatable bonds is 11. The van der Waals surface area contributed by atoms with E-state index in [2.05, 4.69) is 5.32 Å². The van der Waals surface area contributed by atoms with E-state index in [1.54, 1.807) is 30.0 Å². The number of ketones is 1. The molecule has 1 N–H and O–H groups in total. The van der Waals surface area contributed by atoms with Crippen LogP contribution in [0.5, 0.6) is 0 Å². The van der Waals surface area contributed by atoms with Crippen LogP contribution in [-0.4, -0.2) is 45.2 Å². The molecular weight excluding hydrogens is 444 g/mol. The van der Waals surface area contributed by atoms with Gasteiger partial charge < -0.3 is 5.32 Å². The van der Waals surface area contributed by atoms with E-state index in [1.165, 1.54) is 13.0 Å². The van der Waals surface area contributed by atoms with Crippen LogP contribution in [0.25, 0.3) is 0 Å². The van der Waals surface area contributed by atoms with E-state index in [1.807, 2.05) is 24.3 Å². The van der Waals surface area contributed by atoms with Crippen LogP contribution in [0.3, 0.4) is 0 Å². The van der Waals surface area contributed by atoms with E-state index in [0.717, 1.165) is 34.1 Å². The average Bonchev–Trinajstić information content (AvgIpc) is 2.68. The smallest absolute Gasteiger partial charge is 0.240 e. The van der Waals surface area contributed by atoms with Crippen molar-refractivity contribution in [3.05, 3.63) is 64.7 Å². The van der Waals surface area contributed by atoms with Gasteiger partial charge in [0.2, 0.25) is 15.9 Å². The van der Waals surface area contributed by atoms with Crippen LogP contribution in [0.15, 0.2) is 48.5 Å². The normalized spacial score (nSPS) is 11.2. The van der Waals surface area contributed by atoms with E-state index in [9.17, 15) is 18.0 Å². The number of carbonyl (C=O) groups is 2. The number of nitrogens with one attached hydrogen (secondary N) is 1. The van der Waals surface area contributed by atoms with Crippen LogP contribution in [0.2, 0.25) is 5.02 Å². The molecule has 6 nitrogen and oxygen atoms in total. The molecule has 9 heteroatoms. The van der Waals surface area contributed by atoms with Gasteiger partial charge in [0.15, 0.2) is 5.78 Å². The van der Waals surface area contributed by atoms with Gasteiger partial charge in [-0.15, -0.1) is 0 Å². The zero-order valence-corrected chi connectivity index (χ0v) is 19.3. The lowest BCUT2D eigenvalue weighted by atomic mass is 10.1. The highest BCUT2D eigenvalue weighted by atomic mass is 35.5. The Hall–Kier alpha value is -2.03. The molecular formula is C21H25ClN2O4S2. The third kappa shape index (κ3) is 8.01. The molecule has 0 aromatic heterocycles. The summed E-state index contributed by atoms with van der Waals surface area (Å²) in [6.07, 6.45) is 1.79. The molecule has 0 bridgehead atoms. The van der Waals surface area contributed by atoms with Crippen molar-refractivity contribution >= 4 is 50.8 Å². The Balaban J connectivity index is 1.82. The minimum absolute atomic E-state index is 0.176. The number of nitrogens with zero attached hydrogens (tertiary/aromatic N) is 1. The van der Waals surface area contributed by atoms with Crippen LogP contribution < -0.4 is 9.62 Å². The SMILES string of the molecule is CC(=O)c1cccc(N(CC(=O)NCCCSCc2cccc(Cl)c2)S(C)(=O)=O)c1. The van der Waals surface area contributed by atoms with Gasteiger partial charge in [-0.1, -0.05) is 35.9 Å². The summed E-state index contributed by atoms with van der Waals surface area (Å²) in [4.78, 5) is 23.8. The summed E-state index contributed by atoms with van der Waals surface area (Å²) < 4.78 is 25.3. The third-order valence-electron chi connectivity index (χ3n) is 4.17. The summed E-state index contributed by atoms with van der Waals surface area (Å²) >= 11 is 7.70. The number of benzene rings is 2. The minimum atomic E-state index is -3.68. The van der Waals surface area contributed by atoms with Crippen molar-refractivity contribution in [2.75, 3.05) is 29.4 Å². The van der Waals surface area contributed by atoms with Crippen molar-refractivity contribution in [3.8, 4) is 0 Å². The third-order valence-corrected chi connectivity index (χ3v) is 6.66. The number of sulfonamides is 1. The highest BCUT2D eigenvalue weighted by molar-refractivity contribution is 7.98. The summed E-state index contributed by atoms with van der Waals surface area (Å²) in [6, 6.07) is 13.9. The van der Waals surface area contributed by atoms with Crippen molar-refractivity contribution in [2.24, 2.45) is 0 Å². The summed E-state index contributed by atoms with van der Waals surface area (Å²) in [6.45, 7) is 1.52. The van der Waals surface area contributed by atoms with E-state index in [-0.39, 0.29) is 18.0 Å². The largest absolute Gasteiger partial charge is 0.354 e. The van der Waals surface area contributed by atoms with E-state index < -0.39 is 15.9 Å². The lowest BCUT2D eigenvalue weighted by Crippen LogP contribution is -2.40. The zero-order valence-electron chi connectivity index (χ0n) is 16.9.